The van der Waals surface area contributed by atoms with Crippen LogP contribution in [0.15, 0.2) is 24.7 Å². The van der Waals surface area contributed by atoms with Crippen molar-refractivity contribution >= 4 is 0 Å². The van der Waals surface area contributed by atoms with Crippen molar-refractivity contribution in [2.75, 3.05) is 0 Å². The van der Waals surface area contributed by atoms with E-state index in [-0.39, 0.29) is 0 Å². The monoisotopic (exact) mass is 201 g/mol. The summed E-state index contributed by atoms with van der Waals surface area (Å²) in [5, 5.41) is 12.9. The molecule has 0 bridgehead atoms. The smallest absolute Gasteiger partial charge is 0.212 e. The van der Waals surface area contributed by atoms with Gasteiger partial charge in [-0.05, 0) is 6.07 Å². The molecule has 0 N–H and O–H groups in total. The molecule has 0 unspecified atom stereocenters. The van der Waals surface area contributed by atoms with E-state index in [1.165, 1.54) is 0 Å². The van der Waals surface area contributed by atoms with Crippen LogP contribution >= 0.6 is 0 Å². The molecular weight excluding hydrogens is 190 g/mol. The zero-order valence-electron chi connectivity index (χ0n) is 8.46. The highest BCUT2D eigenvalue weighted by atomic mass is 15.3. The average molecular weight is 201 g/mol. The molecule has 0 fully saturated rings. The van der Waals surface area contributed by atoms with Crippen molar-refractivity contribution in [3.63, 3.8) is 0 Å². The second kappa shape index (κ2) is 3.96. The van der Waals surface area contributed by atoms with Gasteiger partial charge in [-0.15, -0.1) is 0 Å². The quantitative estimate of drug-likeness (QED) is 0.735. The average Bonchev–Trinajstić information content (AvgIpc) is 2.83. The molecular formula is C10H11N5. The van der Waals surface area contributed by atoms with E-state index in [9.17, 15) is 0 Å². The number of rotatable bonds is 3. The van der Waals surface area contributed by atoms with Crippen LogP contribution < -0.4 is 0 Å². The van der Waals surface area contributed by atoms with Gasteiger partial charge in [0.15, 0.2) is 0 Å². The van der Waals surface area contributed by atoms with Crippen LogP contribution in [0.4, 0.5) is 0 Å². The van der Waals surface area contributed by atoms with Gasteiger partial charge in [0.25, 0.3) is 0 Å². The maximum absolute atomic E-state index is 8.77. The van der Waals surface area contributed by atoms with Crippen molar-refractivity contribution in [1.29, 1.82) is 5.26 Å². The number of hydrogen-bond donors (Lipinski definition) is 0. The number of hydrogen-bond acceptors (Lipinski definition) is 3. The predicted molar refractivity (Wildman–Crippen MR) is 53.9 cm³/mol. The molecule has 5 nitrogen and oxygen atoms in total. The van der Waals surface area contributed by atoms with Crippen LogP contribution in [0.5, 0.6) is 0 Å². The SMILES string of the molecule is Cn1nccc1CCn1ccnc1C#N. The Balaban J connectivity index is 2.06. The fraction of sp³-hybridized carbons (Fsp3) is 0.300. The first-order valence-corrected chi connectivity index (χ1v) is 4.69. The third-order valence-electron chi connectivity index (χ3n) is 2.35. The van der Waals surface area contributed by atoms with Gasteiger partial charge in [-0.25, -0.2) is 4.98 Å². The third kappa shape index (κ3) is 1.89. The van der Waals surface area contributed by atoms with Crippen LogP contribution in [-0.4, -0.2) is 19.3 Å². The zero-order valence-corrected chi connectivity index (χ0v) is 8.46. The number of aryl methyl sites for hydroxylation is 3. The molecule has 2 aromatic heterocycles. The Kier molecular flexibility index (Phi) is 2.50. The molecule has 2 aromatic rings. The van der Waals surface area contributed by atoms with Gasteiger partial charge in [0.1, 0.15) is 6.07 Å². The maximum Gasteiger partial charge on any atom is 0.212 e. The Morgan fingerprint density at radius 2 is 2.33 bits per heavy atom. The Morgan fingerprint density at radius 3 is 3.00 bits per heavy atom. The predicted octanol–water partition coefficient (Wildman–Crippen LogP) is 0.731. The molecule has 5 heteroatoms. The largest absolute Gasteiger partial charge is 0.322 e. The lowest BCUT2D eigenvalue weighted by Crippen LogP contribution is -2.06. The minimum absolute atomic E-state index is 0.456. The van der Waals surface area contributed by atoms with E-state index in [4.69, 9.17) is 5.26 Å². The summed E-state index contributed by atoms with van der Waals surface area (Å²) in [7, 11) is 1.91. The summed E-state index contributed by atoms with van der Waals surface area (Å²) in [6.45, 7) is 0.752. The van der Waals surface area contributed by atoms with Crippen LogP contribution in [0.25, 0.3) is 0 Å². The number of imidazole rings is 1. The Morgan fingerprint density at radius 1 is 1.47 bits per heavy atom. The Labute approximate surface area is 87.6 Å². The molecule has 76 valence electrons. The van der Waals surface area contributed by atoms with Gasteiger partial charge in [-0.1, -0.05) is 0 Å². The van der Waals surface area contributed by atoms with E-state index in [2.05, 4.69) is 10.1 Å². The highest BCUT2D eigenvalue weighted by Gasteiger charge is 2.03. The molecule has 2 rings (SSSR count). The molecule has 0 saturated carbocycles. The lowest BCUT2D eigenvalue weighted by molar-refractivity contribution is 0.632. The first-order valence-electron chi connectivity index (χ1n) is 4.69. The fourth-order valence-electron chi connectivity index (χ4n) is 1.48. The van der Waals surface area contributed by atoms with Crippen molar-refractivity contribution in [1.82, 2.24) is 19.3 Å². The number of aromatic nitrogens is 4. The van der Waals surface area contributed by atoms with Gasteiger partial charge in [0, 0.05) is 44.3 Å². The molecule has 2 heterocycles. The van der Waals surface area contributed by atoms with Gasteiger partial charge in [0.2, 0.25) is 5.82 Å². The molecule has 0 saturated heterocycles. The molecule has 0 aliphatic heterocycles. The van der Waals surface area contributed by atoms with E-state index in [0.29, 0.717) is 5.82 Å². The second-order valence-corrected chi connectivity index (χ2v) is 3.25. The van der Waals surface area contributed by atoms with Crippen molar-refractivity contribution in [3.05, 3.63) is 36.2 Å². The van der Waals surface area contributed by atoms with E-state index in [1.807, 2.05) is 34.6 Å². The number of nitriles is 1. The number of nitrogens with zero attached hydrogens (tertiary/aromatic N) is 5. The lowest BCUT2D eigenvalue weighted by atomic mass is 10.3. The van der Waals surface area contributed by atoms with Crippen LogP contribution in [0.1, 0.15) is 11.5 Å². The summed E-state index contributed by atoms with van der Waals surface area (Å²) < 4.78 is 3.68. The summed E-state index contributed by atoms with van der Waals surface area (Å²) >= 11 is 0. The van der Waals surface area contributed by atoms with Gasteiger partial charge in [-0.3, -0.25) is 4.68 Å². The van der Waals surface area contributed by atoms with Gasteiger partial charge in [-0.2, -0.15) is 10.4 Å². The molecule has 0 aliphatic rings. The Hall–Kier alpha value is -2.09. The van der Waals surface area contributed by atoms with Gasteiger partial charge < -0.3 is 4.57 Å². The Bertz CT molecular complexity index is 488. The lowest BCUT2D eigenvalue weighted by Gasteiger charge is -2.03. The molecule has 0 aliphatic carbocycles. The van der Waals surface area contributed by atoms with E-state index < -0.39 is 0 Å². The molecule has 0 spiro atoms. The fourth-order valence-corrected chi connectivity index (χ4v) is 1.48. The summed E-state index contributed by atoms with van der Waals surface area (Å²) in [4.78, 5) is 3.94. The maximum atomic E-state index is 8.77. The van der Waals surface area contributed by atoms with E-state index in [1.54, 1.807) is 12.4 Å². The first-order chi connectivity index (χ1) is 7.31. The molecule has 0 aromatic carbocycles. The zero-order chi connectivity index (χ0) is 10.7. The van der Waals surface area contributed by atoms with Crippen molar-refractivity contribution in [3.8, 4) is 6.07 Å². The summed E-state index contributed by atoms with van der Waals surface area (Å²) in [6.07, 6.45) is 6.08. The minimum Gasteiger partial charge on any atom is -0.322 e. The normalized spacial score (nSPS) is 10.1. The standard InChI is InChI=1S/C10H11N5/c1-14-9(2-4-13-14)3-6-15-7-5-12-10(15)8-11/h2,4-5,7H,3,6H2,1H3. The topological polar surface area (TPSA) is 59.4 Å². The highest BCUT2D eigenvalue weighted by Crippen LogP contribution is 2.02. The van der Waals surface area contributed by atoms with E-state index in [0.717, 1.165) is 18.7 Å². The minimum atomic E-state index is 0.456. The molecule has 0 atom stereocenters. The third-order valence-corrected chi connectivity index (χ3v) is 2.35. The van der Waals surface area contributed by atoms with Gasteiger partial charge in [0.05, 0.1) is 0 Å². The first kappa shape index (κ1) is 9.46. The summed E-state index contributed by atoms with van der Waals surface area (Å²) in [5.41, 5.74) is 1.15. The van der Waals surface area contributed by atoms with Crippen LogP contribution in [0.2, 0.25) is 0 Å². The van der Waals surface area contributed by atoms with Crippen LogP contribution in [0, 0.1) is 11.3 Å². The second-order valence-electron chi connectivity index (χ2n) is 3.25. The summed E-state index contributed by atoms with van der Waals surface area (Å²) in [5.74, 6) is 0.456. The van der Waals surface area contributed by atoms with Crippen molar-refractivity contribution in [2.45, 2.75) is 13.0 Å². The molecule has 0 radical (unpaired) electrons. The van der Waals surface area contributed by atoms with Crippen molar-refractivity contribution in [2.24, 2.45) is 7.05 Å². The van der Waals surface area contributed by atoms with Crippen LogP contribution in [0.3, 0.4) is 0 Å². The highest BCUT2D eigenvalue weighted by molar-refractivity contribution is 5.11. The molecule has 15 heavy (non-hydrogen) atoms. The van der Waals surface area contributed by atoms with Crippen molar-refractivity contribution < 1.29 is 0 Å². The van der Waals surface area contributed by atoms with Crippen LogP contribution in [-0.2, 0) is 20.0 Å². The summed E-state index contributed by atoms with van der Waals surface area (Å²) in [6, 6.07) is 4.02. The molecule has 0 amide bonds. The van der Waals surface area contributed by atoms with Gasteiger partial charge >= 0.3 is 0 Å². The van der Waals surface area contributed by atoms with E-state index >= 15 is 0 Å².